The first-order valence-electron chi connectivity index (χ1n) is 5.26. The van der Waals surface area contributed by atoms with Crippen LogP contribution in [0.1, 0.15) is 0 Å². The Morgan fingerprint density at radius 2 is 2.18 bits per heavy atom. The molecular weight excluding hydrogens is 234 g/mol. The minimum atomic E-state index is 0.268. The van der Waals surface area contributed by atoms with Crippen LogP contribution in [0.3, 0.4) is 0 Å². The Morgan fingerprint density at radius 3 is 3.06 bits per heavy atom. The van der Waals surface area contributed by atoms with E-state index in [-0.39, 0.29) is 6.79 Å². The SMILES string of the molecule is COCOc1ccc2c(ccc3scnc32)c1. The van der Waals surface area contributed by atoms with Gasteiger partial charge in [-0.05, 0) is 29.7 Å². The van der Waals surface area contributed by atoms with E-state index in [2.05, 4.69) is 17.1 Å². The Hall–Kier alpha value is -1.65. The lowest BCUT2D eigenvalue weighted by atomic mass is 10.1. The molecular formula is C13H11NO2S. The Labute approximate surface area is 103 Å². The second kappa shape index (κ2) is 4.31. The highest BCUT2D eigenvalue weighted by Crippen LogP contribution is 2.29. The monoisotopic (exact) mass is 245 g/mol. The molecule has 0 amide bonds. The van der Waals surface area contributed by atoms with Crippen LogP contribution in [0.15, 0.2) is 35.8 Å². The lowest BCUT2D eigenvalue weighted by Gasteiger charge is -2.06. The summed E-state index contributed by atoms with van der Waals surface area (Å²) in [4.78, 5) is 4.39. The number of benzene rings is 2. The molecule has 2 aromatic carbocycles. The largest absolute Gasteiger partial charge is 0.468 e. The van der Waals surface area contributed by atoms with Crippen LogP contribution in [0.5, 0.6) is 5.75 Å². The van der Waals surface area contributed by atoms with Gasteiger partial charge in [-0.1, -0.05) is 6.07 Å². The third kappa shape index (κ3) is 1.85. The second-order valence-corrected chi connectivity index (χ2v) is 4.58. The van der Waals surface area contributed by atoms with Gasteiger partial charge < -0.3 is 9.47 Å². The lowest BCUT2D eigenvalue weighted by molar-refractivity contribution is 0.0512. The number of hydrogen-bond acceptors (Lipinski definition) is 4. The maximum Gasteiger partial charge on any atom is 0.188 e. The molecule has 0 radical (unpaired) electrons. The molecule has 0 fully saturated rings. The van der Waals surface area contributed by atoms with Crippen molar-refractivity contribution < 1.29 is 9.47 Å². The minimum Gasteiger partial charge on any atom is -0.468 e. The standard InChI is InChI=1S/C13H11NO2S/c1-15-8-16-10-3-4-11-9(6-10)2-5-12-13(11)14-7-17-12/h2-7H,8H2,1H3. The number of rotatable bonds is 3. The van der Waals surface area contributed by atoms with E-state index in [4.69, 9.17) is 9.47 Å². The Bertz CT molecular complexity index is 663. The summed E-state index contributed by atoms with van der Waals surface area (Å²) < 4.78 is 11.5. The fourth-order valence-corrected chi connectivity index (χ4v) is 2.54. The van der Waals surface area contributed by atoms with Gasteiger partial charge in [-0.2, -0.15) is 0 Å². The molecule has 0 unspecified atom stereocenters. The molecule has 0 saturated heterocycles. The molecule has 3 rings (SSSR count). The average Bonchev–Trinajstić information content (AvgIpc) is 2.84. The normalized spacial score (nSPS) is 11.1. The number of methoxy groups -OCH3 is 1. The Morgan fingerprint density at radius 1 is 1.24 bits per heavy atom. The molecule has 0 aliphatic heterocycles. The van der Waals surface area contributed by atoms with Crippen LogP contribution in [-0.2, 0) is 4.74 Å². The van der Waals surface area contributed by atoms with Crippen LogP contribution < -0.4 is 4.74 Å². The number of thiazole rings is 1. The van der Waals surface area contributed by atoms with Crippen LogP contribution in [-0.4, -0.2) is 18.9 Å². The van der Waals surface area contributed by atoms with Crippen molar-refractivity contribution in [3.8, 4) is 5.75 Å². The zero-order valence-electron chi connectivity index (χ0n) is 9.34. The third-order valence-corrected chi connectivity index (χ3v) is 3.42. The summed E-state index contributed by atoms with van der Waals surface area (Å²) in [7, 11) is 1.61. The van der Waals surface area contributed by atoms with Crippen LogP contribution in [0.2, 0.25) is 0 Å². The fourth-order valence-electron chi connectivity index (χ4n) is 1.85. The van der Waals surface area contributed by atoms with Crippen molar-refractivity contribution in [3.63, 3.8) is 0 Å². The summed E-state index contributed by atoms with van der Waals surface area (Å²) in [5.74, 6) is 0.814. The number of aromatic nitrogens is 1. The van der Waals surface area contributed by atoms with Crippen molar-refractivity contribution in [2.24, 2.45) is 0 Å². The molecule has 3 aromatic rings. The predicted molar refractivity (Wildman–Crippen MR) is 69.6 cm³/mol. The second-order valence-electron chi connectivity index (χ2n) is 3.70. The van der Waals surface area contributed by atoms with Crippen LogP contribution in [0.25, 0.3) is 21.0 Å². The highest BCUT2D eigenvalue weighted by Gasteiger charge is 2.04. The molecule has 0 aliphatic rings. The van der Waals surface area contributed by atoms with E-state index in [0.717, 1.165) is 22.0 Å². The van der Waals surface area contributed by atoms with Crippen molar-refractivity contribution in [1.82, 2.24) is 4.98 Å². The average molecular weight is 245 g/mol. The molecule has 3 nitrogen and oxygen atoms in total. The van der Waals surface area contributed by atoms with Crippen LogP contribution in [0, 0.1) is 0 Å². The first kappa shape index (κ1) is 10.5. The van der Waals surface area contributed by atoms with E-state index < -0.39 is 0 Å². The van der Waals surface area contributed by atoms with E-state index in [1.54, 1.807) is 18.4 Å². The summed E-state index contributed by atoms with van der Waals surface area (Å²) >= 11 is 1.66. The Balaban J connectivity index is 2.13. The first-order valence-corrected chi connectivity index (χ1v) is 6.14. The van der Waals surface area contributed by atoms with Gasteiger partial charge in [0.05, 0.1) is 15.7 Å². The molecule has 0 spiro atoms. The van der Waals surface area contributed by atoms with E-state index >= 15 is 0 Å². The van der Waals surface area contributed by atoms with Crippen molar-refractivity contribution in [2.75, 3.05) is 13.9 Å². The molecule has 0 bridgehead atoms. The van der Waals surface area contributed by atoms with E-state index in [1.165, 1.54) is 4.70 Å². The molecule has 0 N–H and O–H groups in total. The van der Waals surface area contributed by atoms with Crippen molar-refractivity contribution in [2.45, 2.75) is 0 Å². The van der Waals surface area contributed by atoms with Gasteiger partial charge in [0.1, 0.15) is 5.75 Å². The van der Waals surface area contributed by atoms with E-state index in [0.29, 0.717) is 0 Å². The van der Waals surface area contributed by atoms with Crippen LogP contribution in [0.4, 0.5) is 0 Å². The predicted octanol–water partition coefficient (Wildman–Crippen LogP) is 3.43. The highest BCUT2D eigenvalue weighted by molar-refractivity contribution is 7.16. The molecule has 0 aliphatic carbocycles. The highest BCUT2D eigenvalue weighted by atomic mass is 32.1. The minimum absolute atomic E-state index is 0.268. The van der Waals surface area contributed by atoms with Gasteiger partial charge in [0.25, 0.3) is 0 Å². The maximum absolute atomic E-state index is 5.42. The summed E-state index contributed by atoms with van der Waals surface area (Å²) in [5, 5.41) is 2.30. The molecule has 0 atom stereocenters. The van der Waals surface area contributed by atoms with Gasteiger partial charge in [-0.15, -0.1) is 11.3 Å². The zero-order chi connectivity index (χ0) is 11.7. The van der Waals surface area contributed by atoms with Gasteiger partial charge in [-0.25, -0.2) is 4.98 Å². The number of hydrogen-bond donors (Lipinski definition) is 0. The van der Waals surface area contributed by atoms with E-state index in [1.807, 2.05) is 23.7 Å². The fraction of sp³-hybridized carbons (Fsp3) is 0.154. The lowest BCUT2D eigenvalue weighted by Crippen LogP contribution is -1.98. The zero-order valence-corrected chi connectivity index (χ0v) is 10.2. The Kier molecular flexibility index (Phi) is 2.66. The van der Waals surface area contributed by atoms with Crippen LogP contribution >= 0.6 is 11.3 Å². The third-order valence-electron chi connectivity index (χ3n) is 2.63. The van der Waals surface area contributed by atoms with Gasteiger partial charge in [-0.3, -0.25) is 0 Å². The molecule has 4 heteroatoms. The van der Waals surface area contributed by atoms with Gasteiger partial charge in [0.2, 0.25) is 0 Å². The number of fused-ring (bicyclic) bond motifs is 3. The van der Waals surface area contributed by atoms with Crippen molar-refractivity contribution in [3.05, 3.63) is 35.8 Å². The molecule has 17 heavy (non-hydrogen) atoms. The van der Waals surface area contributed by atoms with Gasteiger partial charge >= 0.3 is 0 Å². The molecule has 0 saturated carbocycles. The van der Waals surface area contributed by atoms with Crippen molar-refractivity contribution in [1.29, 1.82) is 0 Å². The topological polar surface area (TPSA) is 31.4 Å². The number of ether oxygens (including phenoxy) is 2. The molecule has 86 valence electrons. The van der Waals surface area contributed by atoms with Gasteiger partial charge in [0.15, 0.2) is 6.79 Å². The maximum atomic E-state index is 5.42. The van der Waals surface area contributed by atoms with Gasteiger partial charge in [0, 0.05) is 12.5 Å². The molecule has 1 aromatic heterocycles. The summed E-state index contributed by atoms with van der Waals surface area (Å²) in [6.45, 7) is 0.268. The van der Waals surface area contributed by atoms with Crippen molar-refractivity contribution >= 4 is 32.3 Å². The quantitative estimate of drug-likeness (QED) is 0.662. The summed E-state index contributed by atoms with van der Waals surface area (Å²) in [6, 6.07) is 10.2. The smallest absolute Gasteiger partial charge is 0.188 e. The van der Waals surface area contributed by atoms with E-state index in [9.17, 15) is 0 Å². The summed E-state index contributed by atoms with van der Waals surface area (Å²) in [5.41, 5.74) is 2.94. The molecule has 1 heterocycles. The first-order chi connectivity index (χ1) is 8.38. The number of nitrogens with zero attached hydrogens (tertiary/aromatic N) is 1. The summed E-state index contributed by atoms with van der Waals surface area (Å²) in [6.07, 6.45) is 0.